The fourth-order valence-corrected chi connectivity index (χ4v) is 5.19. The molecule has 0 aromatic heterocycles. The molecule has 0 aliphatic heterocycles. The average molecular weight is 532 g/mol. The lowest BCUT2D eigenvalue weighted by atomic mass is 9.82. The quantitative estimate of drug-likeness (QED) is 0.186. The van der Waals surface area contributed by atoms with Crippen LogP contribution >= 0.6 is 0 Å². The Labute approximate surface area is 204 Å². The van der Waals surface area contributed by atoms with Gasteiger partial charge in [0.05, 0.1) is 28.2 Å². The fraction of sp³-hybridized carbons (Fsp3) is 0.0455. The maximum atomic E-state index is 13.4. The van der Waals surface area contributed by atoms with Gasteiger partial charge in [0.25, 0.3) is 20.2 Å². The van der Waals surface area contributed by atoms with Gasteiger partial charge >= 0.3 is 0 Å². The molecule has 0 spiro atoms. The van der Waals surface area contributed by atoms with E-state index < -0.39 is 58.8 Å². The van der Waals surface area contributed by atoms with Crippen LogP contribution in [-0.4, -0.2) is 43.4 Å². The summed E-state index contributed by atoms with van der Waals surface area (Å²) in [4.78, 5) is 36.3. The van der Waals surface area contributed by atoms with Gasteiger partial charge in [0.15, 0.2) is 11.6 Å². The second-order valence-corrected chi connectivity index (χ2v) is 10.5. The van der Waals surface area contributed by atoms with Gasteiger partial charge in [0.1, 0.15) is 9.79 Å². The van der Waals surface area contributed by atoms with E-state index in [9.17, 15) is 40.3 Å². The molecule has 0 radical (unpaired) electrons. The molecule has 0 bridgehead atoms. The molecule has 4 rings (SSSR count). The normalized spacial score (nSPS) is 13.1. The minimum absolute atomic E-state index is 0.00642. The van der Waals surface area contributed by atoms with Crippen LogP contribution in [0.15, 0.2) is 58.3 Å². The van der Waals surface area contributed by atoms with Crippen molar-refractivity contribution in [2.75, 3.05) is 16.4 Å². The van der Waals surface area contributed by atoms with E-state index in [1.54, 1.807) is 0 Å². The number of hydrogen-bond acceptors (Lipinski definition) is 9. The molecule has 3 aromatic carbocycles. The summed E-state index contributed by atoms with van der Waals surface area (Å²) >= 11 is 0. The number of nitrogens with two attached hydrogens (primary N) is 1. The van der Waals surface area contributed by atoms with Crippen LogP contribution in [0.3, 0.4) is 0 Å². The van der Waals surface area contributed by atoms with Crippen molar-refractivity contribution >= 4 is 60.5 Å². The maximum absolute atomic E-state index is 13.4. The number of rotatable bonds is 5. The summed E-state index contributed by atoms with van der Waals surface area (Å²) in [5.74, 6) is -2.04. The third-order valence-corrected chi connectivity index (χ3v) is 7.11. The number of ketones is 2. The molecular weight excluding hydrogens is 514 g/mol. The molecule has 3 aromatic rings. The van der Waals surface area contributed by atoms with E-state index in [0.717, 1.165) is 18.2 Å². The molecular formula is C22H17N3O9S2. The van der Waals surface area contributed by atoms with Crippen LogP contribution in [0.25, 0.3) is 0 Å². The Hall–Kier alpha value is -4.11. The summed E-state index contributed by atoms with van der Waals surface area (Å²) in [5, 5.41) is 4.90. The highest BCUT2D eigenvalue weighted by Gasteiger charge is 2.36. The van der Waals surface area contributed by atoms with E-state index in [-0.39, 0.29) is 33.8 Å². The lowest BCUT2D eigenvalue weighted by Gasteiger charge is -2.24. The minimum atomic E-state index is -5.00. The van der Waals surface area contributed by atoms with E-state index in [4.69, 9.17) is 5.73 Å². The molecule has 0 fully saturated rings. The zero-order chi connectivity index (χ0) is 26.6. The summed E-state index contributed by atoms with van der Waals surface area (Å²) in [6.45, 7) is 1.18. The SMILES string of the molecule is CC(=O)Nc1ccc(Nc2cc(S(=O)(=O)O)c(N)c3c2C(=O)c2ccccc2C3=O)c(S(=O)(=O)O)c1. The first-order valence-electron chi connectivity index (χ1n) is 9.98. The molecule has 6 N–H and O–H groups in total. The summed E-state index contributed by atoms with van der Waals surface area (Å²) in [5.41, 5.74) is 3.63. The third-order valence-electron chi connectivity index (χ3n) is 5.33. The van der Waals surface area contributed by atoms with Crippen molar-refractivity contribution in [3.8, 4) is 0 Å². The average Bonchev–Trinajstić information content (AvgIpc) is 2.77. The number of nitrogens with one attached hydrogen (secondary N) is 2. The maximum Gasteiger partial charge on any atom is 0.296 e. The minimum Gasteiger partial charge on any atom is -0.397 e. The van der Waals surface area contributed by atoms with Crippen LogP contribution in [0.4, 0.5) is 22.7 Å². The Kier molecular flexibility index (Phi) is 5.92. The van der Waals surface area contributed by atoms with Gasteiger partial charge in [-0.15, -0.1) is 0 Å². The van der Waals surface area contributed by atoms with Crippen molar-refractivity contribution in [2.24, 2.45) is 0 Å². The molecule has 186 valence electrons. The van der Waals surface area contributed by atoms with Crippen molar-refractivity contribution in [2.45, 2.75) is 16.7 Å². The number of carbonyl (C=O) groups excluding carboxylic acids is 3. The van der Waals surface area contributed by atoms with Crippen molar-refractivity contribution in [1.82, 2.24) is 0 Å². The monoisotopic (exact) mass is 531 g/mol. The molecule has 14 heteroatoms. The Morgan fingerprint density at radius 2 is 1.36 bits per heavy atom. The van der Waals surface area contributed by atoms with Crippen LogP contribution in [0.2, 0.25) is 0 Å². The second-order valence-electron chi connectivity index (χ2n) is 7.76. The van der Waals surface area contributed by atoms with E-state index in [1.807, 2.05) is 0 Å². The van der Waals surface area contributed by atoms with Crippen LogP contribution < -0.4 is 16.4 Å². The fourth-order valence-electron chi connectivity index (χ4n) is 3.87. The molecule has 1 aliphatic carbocycles. The largest absolute Gasteiger partial charge is 0.397 e. The predicted molar refractivity (Wildman–Crippen MR) is 128 cm³/mol. The molecule has 36 heavy (non-hydrogen) atoms. The van der Waals surface area contributed by atoms with Crippen LogP contribution in [0, 0.1) is 0 Å². The van der Waals surface area contributed by atoms with Crippen molar-refractivity contribution in [3.63, 3.8) is 0 Å². The highest BCUT2D eigenvalue weighted by Crippen LogP contribution is 2.41. The molecule has 1 amide bonds. The van der Waals surface area contributed by atoms with E-state index in [2.05, 4.69) is 10.6 Å². The van der Waals surface area contributed by atoms with Gasteiger partial charge in [-0.05, 0) is 24.3 Å². The zero-order valence-corrected chi connectivity index (χ0v) is 19.9. The second kappa shape index (κ2) is 8.53. The van der Waals surface area contributed by atoms with Gasteiger partial charge in [-0.1, -0.05) is 24.3 Å². The van der Waals surface area contributed by atoms with E-state index in [1.165, 1.54) is 37.3 Å². The number of nitrogen functional groups attached to an aromatic ring is 1. The Bertz CT molecular complexity index is 1710. The highest BCUT2D eigenvalue weighted by atomic mass is 32.2. The van der Waals surface area contributed by atoms with Gasteiger partial charge < -0.3 is 16.4 Å². The first-order chi connectivity index (χ1) is 16.7. The Balaban J connectivity index is 2.01. The van der Waals surface area contributed by atoms with Gasteiger partial charge in [-0.25, -0.2) is 0 Å². The lowest BCUT2D eigenvalue weighted by molar-refractivity contribution is -0.114. The van der Waals surface area contributed by atoms with Crippen LogP contribution in [0.5, 0.6) is 0 Å². The number of anilines is 4. The number of amides is 1. The lowest BCUT2D eigenvalue weighted by Crippen LogP contribution is -2.25. The summed E-state index contributed by atoms with van der Waals surface area (Å²) < 4.78 is 67.6. The van der Waals surface area contributed by atoms with Crippen molar-refractivity contribution in [1.29, 1.82) is 0 Å². The molecule has 12 nitrogen and oxygen atoms in total. The first-order valence-corrected chi connectivity index (χ1v) is 12.9. The number of hydrogen-bond donors (Lipinski definition) is 5. The summed E-state index contributed by atoms with van der Waals surface area (Å²) in [6, 6.07) is 9.83. The van der Waals surface area contributed by atoms with E-state index in [0.29, 0.717) is 0 Å². The number of benzene rings is 3. The molecule has 1 aliphatic rings. The van der Waals surface area contributed by atoms with E-state index >= 15 is 0 Å². The van der Waals surface area contributed by atoms with Gasteiger partial charge in [-0.3, -0.25) is 23.5 Å². The molecule has 0 atom stereocenters. The number of carbonyl (C=O) groups is 3. The molecule has 0 unspecified atom stereocenters. The third kappa shape index (κ3) is 4.33. The summed E-state index contributed by atoms with van der Waals surface area (Å²) in [6.07, 6.45) is 0. The standard InChI is InChI=1S/C22H17N3O9S2/c1-10(26)24-11-6-7-14(16(8-11)35(29,30)31)25-15-9-17(36(32,33)34)20(23)19-18(15)21(27)12-4-2-3-5-13(12)22(19)28/h2-9,25H,23H2,1H3,(H,24,26)(H,29,30,31)(H,32,33,34). The Morgan fingerprint density at radius 3 is 1.89 bits per heavy atom. The van der Waals surface area contributed by atoms with Crippen LogP contribution in [-0.2, 0) is 25.0 Å². The Morgan fingerprint density at radius 1 is 0.806 bits per heavy atom. The molecule has 0 saturated heterocycles. The van der Waals surface area contributed by atoms with Gasteiger partial charge in [-0.2, -0.15) is 16.8 Å². The van der Waals surface area contributed by atoms with Crippen molar-refractivity contribution < 1.29 is 40.3 Å². The van der Waals surface area contributed by atoms with Crippen LogP contribution in [0.1, 0.15) is 38.8 Å². The van der Waals surface area contributed by atoms with Gasteiger partial charge in [0, 0.05) is 23.7 Å². The molecule has 0 saturated carbocycles. The van der Waals surface area contributed by atoms with Gasteiger partial charge in [0.2, 0.25) is 5.91 Å². The molecule has 0 heterocycles. The highest BCUT2D eigenvalue weighted by molar-refractivity contribution is 7.86. The summed E-state index contributed by atoms with van der Waals surface area (Å²) in [7, 11) is -9.91. The topological polar surface area (TPSA) is 210 Å². The predicted octanol–water partition coefficient (Wildman–Crippen LogP) is 2.24. The zero-order valence-electron chi connectivity index (χ0n) is 18.3. The van der Waals surface area contributed by atoms with Crippen molar-refractivity contribution in [3.05, 3.63) is 70.8 Å². The smallest absolute Gasteiger partial charge is 0.296 e. The first kappa shape index (κ1) is 25.0. The number of fused-ring (bicyclic) bond motifs is 2.